The maximum absolute atomic E-state index is 13.3. The van der Waals surface area contributed by atoms with Gasteiger partial charge >= 0.3 is 6.03 Å². The van der Waals surface area contributed by atoms with Gasteiger partial charge in [-0.2, -0.15) is 5.26 Å². The van der Waals surface area contributed by atoms with Crippen molar-refractivity contribution in [2.45, 2.75) is 51.0 Å². The monoisotopic (exact) mass is 328 g/mol. The number of rotatable bonds is 4. The number of hydrogen-bond acceptors (Lipinski definition) is 3. The molecular weight excluding hydrogens is 306 g/mol. The molecule has 2 rings (SSSR count). The van der Waals surface area contributed by atoms with Gasteiger partial charge in [0.1, 0.15) is 6.04 Å². The summed E-state index contributed by atoms with van der Waals surface area (Å²) >= 11 is 0. The van der Waals surface area contributed by atoms with Crippen LogP contribution in [0.4, 0.5) is 13.6 Å². The van der Waals surface area contributed by atoms with Crippen LogP contribution in [0, 0.1) is 16.9 Å². The zero-order chi connectivity index (χ0) is 17.3. The number of halogens is 2. The van der Waals surface area contributed by atoms with E-state index in [0.717, 1.165) is 25.7 Å². The van der Waals surface area contributed by atoms with Crippen molar-refractivity contribution in [2.75, 3.05) is 20.1 Å². The number of nitrogens with zero attached hydrogens (tertiary/aromatic N) is 3. The maximum atomic E-state index is 13.3. The third kappa shape index (κ3) is 4.53. The molecule has 2 fully saturated rings. The summed E-state index contributed by atoms with van der Waals surface area (Å²) in [5.41, 5.74) is 0.202. The van der Waals surface area contributed by atoms with E-state index in [2.05, 4.69) is 5.32 Å². The van der Waals surface area contributed by atoms with E-state index in [1.54, 1.807) is 11.1 Å². The molecule has 6 nitrogen and oxygen atoms in total. The number of nitriles is 1. The zero-order valence-electron chi connectivity index (χ0n) is 13.4. The summed E-state index contributed by atoms with van der Waals surface area (Å²) < 4.78 is 26.6. The highest BCUT2D eigenvalue weighted by Gasteiger charge is 2.46. The second-order valence-corrected chi connectivity index (χ2v) is 6.80. The first-order valence-electron chi connectivity index (χ1n) is 7.76. The smallest absolute Gasteiger partial charge is 0.318 e. The molecule has 8 heteroatoms. The van der Waals surface area contributed by atoms with Crippen LogP contribution in [0.25, 0.3) is 0 Å². The van der Waals surface area contributed by atoms with Crippen molar-refractivity contribution in [1.29, 1.82) is 5.26 Å². The summed E-state index contributed by atoms with van der Waals surface area (Å²) in [5.74, 6) is -3.95. The lowest BCUT2D eigenvalue weighted by molar-refractivity contribution is -0.131. The first-order valence-corrected chi connectivity index (χ1v) is 7.76. The second-order valence-electron chi connectivity index (χ2n) is 6.80. The quantitative estimate of drug-likeness (QED) is 0.633. The van der Waals surface area contributed by atoms with E-state index in [1.807, 2.05) is 0 Å². The van der Waals surface area contributed by atoms with Crippen molar-refractivity contribution in [3.05, 3.63) is 0 Å². The SMILES string of the molecule is CN(C#N)C(=O)[C@H](CC(C)(F)F)NC(=O)N1CCCC2(CC2)C1. The molecule has 1 aliphatic carbocycles. The normalized spacial score (nSPS) is 20.6. The van der Waals surface area contributed by atoms with Crippen molar-refractivity contribution in [3.8, 4) is 6.19 Å². The first-order chi connectivity index (χ1) is 10.7. The van der Waals surface area contributed by atoms with Crippen LogP contribution in [0.2, 0.25) is 0 Å². The molecular formula is C15H22F2N4O2. The van der Waals surface area contributed by atoms with Gasteiger partial charge in [-0.1, -0.05) is 0 Å². The minimum atomic E-state index is -3.12. The van der Waals surface area contributed by atoms with Gasteiger partial charge in [-0.25, -0.2) is 13.6 Å². The van der Waals surface area contributed by atoms with Gasteiger partial charge in [0.05, 0.1) is 0 Å². The van der Waals surface area contributed by atoms with Gasteiger partial charge in [0.15, 0.2) is 6.19 Å². The van der Waals surface area contributed by atoms with Crippen molar-refractivity contribution < 1.29 is 18.4 Å². The van der Waals surface area contributed by atoms with Crippen LogP contribution in [-0.2, 0) is 4.79 Å². The van der Waals surface area contributed by atoms with Gasteiger partial charge in [0.2, 0.25) is 5.92 Å². The number of urea groups is 1. The van der Waals surface area contributed by atoms with E-state index >= 15 is 0 Å². The number of amides is 3. The third-order valence-corrected chi connectivity index (χ3v) is 4.54. The lowest BCUT2D eigenvalue weighted by Crippen LogP contribution is -2.54. The van der Waals surface area contributed by atoms with Crippen LogP contribution in [-0.4, -0.2) is 53.8 Å². The summed E-state index contributed by atoms with van der Waals surface area (Å²) in [5, 5.41) is 11.1. The van der Waals surface area contributed by atoms with E-state index in [-0.39, 0.29) is 5.41 Å². The van der Waals surface area contributed by atoms with E-state index in [4.69, 9.17) is 5.26 Å². The van der Waals surface area contributed by atoms with Gasteiger partial charge in [-0.15, -0.1) is 0 Å². The topological polar surface area (TPSA) is 76.4 Å². The van der Waals surface area contributed by atoms with Gasteiger partial charge < -0.3 is 10.2 Å². The summed E-state index contributed by atoms with van der Waals surface area (Å²) in [6, 6.07) is -1.92. The van der Waals surface area contributed by atoms with Crippen LogP contribution in [0.3, 0.4) is 0 Å². The molecule has 2 aliphatic rings. The highest BCUT2D eigenvalue weighted by Crippen LogP contribution is 2.51. The van der Waals surface area contributed by atoms with E-state index < -0.39 is 30.3 Å². The molecule has 1 atom stereocenters. The maximum Gasteiger partial charge on any atom is 0.318 e. The average molecular weight is 328 g/mol. The Morgan fingerprint density at radius 2 is 2.09 bits per heavy atom. The Balaban J connectivity index is 2.02. The summed E-state index contributed by atoms with van der Waals surface area (Å²) in [6.45, 7) is 1.85. The Hall–Kier alpha value is -1.91. The van der Waals surface area contributed by atoms with Crippen molar-refractivity contribution in [1.82, 2.24) is 15.1 Å². The fourth-order valence-electron chi connectivity index (χ4n) is 3.05. The molecule has 1 N–H and O–H groups in total. The number of nitrogens with one attached hydrogen (secondary N) is 1. The van der Waals surface area contributed by atoms with E-state index in [9.17, 15) is 18.4 Å². The minimum Gasteiger partial charge on any atom is -0.326 e. The summed E-state index contributed by atoms with van der Waals surface area (Å²) in [6.07, 6.45) is 4.89. The lowest BCUT2D eigenvalue weighted by atomic mass is 9.95. The molecule has 1 heterocycles. The molecule has 128 valence electrons. The number of hydrogen-bond donors (Lipinski definition) is 1. The molecule has 0 bridgehead atoms. The minimum absolute atomic E-state index is 0.202. The Morgan fingerprint density at radius 1 is 1.43 bits per heavy atom. The summed E-state index contributed by atoms with van der Waals surface area (Å²) in [7, 11) is 1.19. The molecule has 23 heavy (non-hydrogen) atoms. The number of carbonyl (C=O) groups is 2. The molecule has 0 aromatic carbocycles. The molecule has 1 spiro atoms. The first kappa shape index (κ1) is 17.4. The van der Waals surface area contributed by atoms with Crippen molar-refractivity contribution in [2.24, 2.45) is 5.41 Å². The van der Waals surface area contributed by atoms with Crippen LogP contribution < -0.4 is 5.32 Å². The molecule has 1 saturated carbocycles. The van der Waals surface area contributed by atoms with Gasteiger partial charge in [0.25, 0.3) is 5.91 Å². The Labute approximate surface area is 134 Å². The largest absolute Gasteiger partial charge is 0.326 e. The molecule has 0 aromatic heterocycles. The van der Waals surface area contributed by atoms with E-state index in [1.165, 1.54) is 7.05 Å². The highest BCUT2D eigenvalue weighted by atomic mass is 19.3. The Bertz CT molecular complexity index is 523. The molecule has 3 amide bonds. The Morgan fingerprint density at radius 3 is 2.61 bits per heavy atom. The standard InChI is InChI=1S/C15H22F2N4O2/c1-14(16,17)8-11(12(22)20(2)10-18)19-13(23)21-7-3-4-15(9-21)5-6-15/h11H,3-9H2,1-2H3,(H,19,23)/t11-/m0/s1. The summed E-state index contributed by atoms with van der Waals surface area (Å²) in [4.78, 5) is 26.6. The fraction of sp³-hybridized carbons (Fsp3) is 0.800. The molecule has 0 unspecified atom stereocenters. The van der Waals surface area contributed by atoms with Gasteiger partial charge in [-0.3, -0.25) is 9.69 Å². The highest BCUT2D eigenvalue weighted by molar-refractivity contribution is 5.88. The second kappa shape index (κ2) is 6.30. The van der Waals surface area contributed by atoms with E-state index in [0.29, 0.717) is 24.9 Å². The lowest BCUT2D eigenvalue weighted by Gasteiger charge is -2.34. The third-order valence-electron chi connectivity index (χ3n) is 4.54. The number of alkyl halides is 2. The Kier molecular flexibility index (Phi) is 4.78. The predicted molar refractivity (Wildman–Crippen MR) is 78.4 cm³/mol. The van der Waals surface area contributed by atoms with Crippen LogP contribution in [0.15, 0.2) is 0 Å². The van der Waals surface area contributed by atoms with Crippen molar-refractivity contribution >= 4 is 11.9 Å². The number of likely N-dealkylation sites (N-methyl/N-ethyl adjacent to an activating group) is 1. The van der Waals surface area contributed by atoms with Crippen LogP contribution >= 0.6 is 0 Å². The predicted octanol–water partition coefficient (Wildman–Crippen LogP) is 1.93. The number of piperidine rings is 1. The molecule has 1 aliphatic heterocycles. The molecule has 0 aromatic rings. The van der Waals surface area contributed by atoms with Crippen LogP contribution in [0.1, 0.15) is 39.0 Å². The molecule has 1 saturated heterocycles. The molecule has 0 radical (unpaired) electrons. The number of carbonyl (C=O) groups excluding carboxylic acids is 2. The zero-order valence-corrected chi connectivity index (χ0v) is 13.4. The van der Waals surface area contributed by atoms with Gasteiger partial charge in [-0.05, 0) is 38.0 Å². The average Bonchev–Trinajstić information content (AvgIpc) is 3.22. The number of likely N-dealkylation sites (tertiary alicyclic amines) is 1. The fourth-order valence-corrected chi connectivity index (χ4v) is 3.05. The van der Waals surface area contributed by atoms with Crippen molar-refractivity contribution in [3.63, 3.8) is 0 Å². The van der Waals surface area contributed by atoms with Gasteiger partial charge in [0, 0.05) is 26.6 Å². The van der Waals surface area contributed by atoms with Crippen LogP contribution in [0.5, 0.6) is 0 Å².